The van der Waals surface area contributed by atoms with Crippen LogP contribution < -0.4 is 10.2 Å². The molecule has 2 heterocycles. The predicted octanol–water partition coefficient (Wildman–Crippen LogP) is 4.97. The van der Waals surface area contributed by atoms with Crippen LogP contribution in [-0.4, -0.2) is 48.1 Å². The first kappa shape index (κ1) is 20.6. The first-order valence-electron chi connectivity index (χ1n) is 11.6. The Morgan fingerprint density at radius 1 is 0.844 bits per heavy atom. The molecule has 1 saturated heterocycles. The standard InChI is InChI=1S/C27H30N4O/c1-2-31-25-11-7-6-10-23(25)24-20-21(12-13-26(24)31)28-27(32)14-15-29-16-18-30(19-17-29)22-8-4-3-5-9-22/h3-13,20H,2,14-19H2,1H3,(H,28,32). The number of carbonyl (C=O) groups is 1. The van der Waals surface area contributed by atoms with Crippen LogP contribution in [0.3, 0.4) is 0 Å². The smallest absolute Gasteiger partial charge is 0.225 e. The molecule has 5 heteroatoms. The van der Waals surface area contributed by atoms with Crippen molar-refractivity contribution in [1.82, 2.24) is 9.47 Å². The molecule has 5 rings (SSSR count). The number of aromatic nitrogens is 1. The molecule has 32 heavy (non-hydrogen) atoms. The van der Waals surface area contributed by atoms with Crippen molar-refractivity contribution < 1.29 is 4.79 Å². The third-order valence-corrected chi connectivity index (χ3v) is 6.52. The molecular weight excluding hydrogens is 396 g/mol. The van der Waals surface area contributed by atoms with Gasteiger partial charge in [-0.1, -0.05) is 36.4 Å². The van der Waals surface area contributed by atoms with E-state index in [1.165, 1.54) is 27.5 Å². The molecule has 0 saturated carbocycles. The monoisotopic (exact) mass is 426 g/mol. The van der Waals surface area contributed by atoms with E-state index in [0.29, 0.717) is 6.42 Å². The Kier molecular flexibility index (Phi) is 5.82. The molecule has 0 radical (unpaired) electrons. The number of aryl methyl sites for hydroxylation is 1. The molecule has 164 valence electrons. The van der Waals surface area contributed by atoms with Gasteiger partial charge in [0.2, 0.25) is 5.91 Å². The number of carbonyl (C=O) groups excluding carboxylic acids is 1. The van der Waals surface area contributed by atoms with Crippen molar-refractivity contribution in [2.24, 2.45) is 0 Å². The average Bonchev–Trinajstić information content (AvgIpc) is 3.16. The zero-order valence-electron chi connectivity index (χ0n) is 18.6. The quantitative estimate of drug-likeness (QED) is 0.473. The zero-order chi connectivity index (χ0) is 21.9. The van der Waals surface area contributed by atoms with Crippen molar-refractivity contribution in [2.45, 2.75) is 19.9 Å². The zero-order valence-corrected chi connectivity index (χ0v) is 18.6. The number of nitrogens with zero attached hydrogens (tertiary/aromatic N) is 3. The number of hydrogen-bond donors (Lipinski definition) is 1. The second kappa shape index (κ2) is 9.05. The third-order valence-electron chi connectivity index (χ3n) is 6.52. The van der Waals surface area contributed by atoms with Crippen molar-refractivity contribution in [2.75, 3.05) is 42.9 Å². The van der Waals surface area contributed by atoms with Gasteiger partial charge in [-0.15, -0.1) is 0 Å². The SMILES string of the molecule is CCn1c2ccccc2c2cc(NC(=O)CCN3CCN(c4ccccc4)CC3)ccc21. The molecular formula is C27H30N4O. The van der Waals surface area contributed by atoms with Gasteiger partial charge in [-0.05, 0) is 43.3 Å². The molecule has 1 aromatic heterocycles. The highest BCUT2D eigenvalue weighted by molar-refractivity contribution is 6.09. The molecule has 1 amide bonds. The van der Waals surface area contributed by atoms with Crippen LogP contribution in [0.5, 0.6) is 0 Å². The number of hydrogen-bond acceptors (Lipinski definition) is 3. The first-order chi connectivity index (χ1) is 15.7. The lowest BCUT2D eigenvalue weighted by atomic mass is 10.1. The largest absolute Gasteiger partial charge is 0.369 e. The second-order valence-electron chi connectivity index (χ2n) is 8.46. The average molecular weight is 427 g/mol. The van der Waals surface area contributed by atoms with Crippen LogP contribution in [-0.2, 0) is 11.3 Å². The minimum absolute atomic E-state index is 0.0778. The summed E-state index contributed by atoms with van der Waals surface area (Å²) in [6.45, 7) is 7.88. The van der Waals surface area contributed by atoms with Crippen molar-refractivity contribution in [3.8, 4) is 0 Å². The fraction of sp³-hybridized carbons (Fsp3) is 0.296. The van der Waals surface area contributed by atoms with E-state index in [0.717, 1.165) is 45.0 Å². The van der Waals surface area contributed by atoms with Crippen molar-refractivity contribution >= 4 is 39.1 Å². The second-order valence-corrected chi connectivity index (χ2v) is 8.46. The van der Waals surface area contributed by atoms with Crippen LogP contribution in [0.1, 0.15) is 13.3 Å². The third kappa shape index (κ3) is 4.08. The van der Waals surface area contributed by atoms with Gasteiger partial charge in [-0.3, -0.25) is 9.69 Å². The summed E-state index contributed by atoms with van der Waals surface area (Å²) in [4.78, 5) is 17.4. The number of nitrogens with one attached hydrogen (secondary N) is 1. The van der Waals surface area contributed by atoms with Gasteiger partial charge in [-0.2, -0.15) is 0 Å². The number of benzene rings is 3. The molecule has 1 N–H and O–H groups in total. The van der Waals surface area contributed by atoms with E-state index in [9.17, 15) is 4.79 Å². The summed E-state index contributed by atoms with van der Waals surface area (Å²) in [5, 5.41) is 5.54. The van der Waals surface area contributed by atoms with E-state index in [1.807, 2.05) is 6.07 Å². The van der Waals surface area contributed by atoms with Crippen LogP contribution in [0.25, 0.3) is 21.8 Å². The summed E-state index contributed by atoms with van der Waals surface area (Å²) in [5.41, 5.74) is 4.60. The van der Waals surface area contributed by atoms with E-state index in [2.05, 4.69) is 93.3 Å². The Labute approximate surface area is 189 Å². The lowest BCUT2D eigenvalue weighted by Gasteiger charge is -2.36. The lowest BCUT2D eigenvalue weighted by molar-refractivity contribution is -0.116. The van der Waals surface area contributed by atoms with Crippen molar-refractivity contribution in [1.29, 1.82) is 0 Å². The first-order valence-corrected chi connectivity index (χ1v) is 11.6. The molecule has 3 aromatic carbocycles. The Hall–Kier alpha value is -3.31. The highest BCUT2D eigenvalue weighted by atomic mass is 16.1. The van der Waals surface area contributed by atoms with E-state index in [-0.39, 0.29) is 5.91 Å². The molecule has 0 bridgehead atoms. The summed E-state index contributed by atoms with van der Waals surface area (Å²) in [7, 11) is 0. The molecule has 0 unspecified atom stereocenters. The van der Waals surface area contributed by atoms with Gasteiger partial charge in [0, 0.05) is 78.9 Å². The predicted molar refractivity (Wildman–Crippen MR) is 133 cm³/mol. The minimum atomic E-state index is 0.0778. The molecule has 0 atom stereocenters. The summed E-state index contributed by atoms with van der Waals surface area (Å²) in [6.07, 6.45) is 0.514. The highest BCUT2D eigenvalue weighted by Gasteiger charge is 2.18. The van der Waals surface area contributed by atoms with Crippen LogP contribution in [0, 0.1) is 0 Å². The molecule has 0 spiro atoms. The maximum atomic E-state index is 12.6. The lowest BCUT2D eigenvalue weighted by Crippen LogP contribution is -2.47. The van der Waals surface area contributed by atoms with Crippen LogP contribution >= 0.6 is 0 Å². The summed E-state index contributed by atoms with van der Waals surface area (Å²) >= 11 is 0. The molecule has 4 aromatic rings. The Balaban J connectivity index is 1.19. The van der Waals surface area contributed by atoms with E-state index < -0.39 is 0 Å². The maximum Gasteiger partial charge on any atom is 0.225 e. The Morgan fingerprint density at radius 3 is 2.34 bits per heavy atom. The van der Waals surface area contributed by atoms with Gasteiger partial charge in [0.1, 0.15) is 0 Å². The Bertz CT molecular complexity index is 1220. The van der Waals surface area contributed by atoms with Crippen molar-refractivity contribution in [3.63, 3.8) is 0 Å². The van der Waals surface area contributed by atoms with Crippen molar-refractivity contribution in [3.05, 3.63) is 72.8 Å². The van der Waals surface area contributed by atoms with Crippen LogP contribution in [0.4, 0.5) is 11.4 Å². The molecule has 0 aliphatic carbocycles. The van der Waals surface area contributed by atoms with Gasteiger partial charge < -0.3 is 14.8 Å². The summed E-state index contributed by atoms with van der Waals surface area (Å²) < 4.78 is 2.32. The van der Waals surface area contributed by atoms with Crippen LogP contribution in [0.15, 0.2) is 72.8 Å². The van der Waals surface area contributed by atoms with Crippen LogP contribution in [0.2, 0.25) is 0 Å². The highest BCUT2D eigenvalue weighted by Crippen LogP contribution is 2.31. The van der Waals surface area contributed by atoms with E-state index >= 15 is 0 Å². The number of anilines is 2. The number of rotatable bonds is 6. The number of amides is 1. The molecule has 1 fully saturated rings. The van der Waals surface area contributed by atoms with E-state index in [1.54, 1.807) is 0 Å². The van der Waals surface area contributed by atoms with Gasteiger partial charge in [0.05, 0.1) is 0 Å². The summed E-state index contributed by atoms with van der Waals surface area (Å²) in [5.74, 6) is 0.0778. The van der Waals surface area contributed by atoms with Gasteiger partial charge in [-0.25, -0.2) is 0 Å². The minimum Gasteiger partial charge on any atom is -0.369 e. The number of piperazine rings is 1. The summed E-state index contributed by atoms with van der Waals surface area (Å²) in [6, 6.07) is 25.3. The topological polar surface area (TPSA) is 40.5 Å². The molecule has 1 aliphatic rings. The van der Waals surface area contributed by atoms with Gasteiger partial charge >= 0.3 is 0 Å². The maximum absolute atomic E-state index is 12.6. The number of fused-ring (bicyclic) bond motifs is 3. The van der Waals surface area contributed by atoms with Gasteiger partial charge in [0.25, 0.3) is 0 Å². The molecule has 5 nitrogen and oxygen atoms in total. The molecule has 1 aliphatic heterocycles. The van der Waals surface area contributed by atoms with Gasteiger partial charge in [0.15, 0.2) is 0 Å². The fourth-order valence-corrected chi connectivity index (χ4v) is 4.82. The Morgan fingerprint density at radius 2 is 1.56 bits per heavy atom. The normalized spacial score (nSPS) is 14.8. The van der Waals surface area contributed by atoms with E-state index in [4.69, 9.17) is 0 Å². The fourth-order valence-electron chi connectivity index (χ4n) is 4.82. The number of para-hydroxylation sites is 2.